The van der Waals surface area contributed by atoms with Gasteiger partial charge >= 0.3 is 5.97 Å². The molecule has 0 bridgehead atoms. The number of hydrogen-bond acceptors (Lipinski definition) is 6. The zero-order valence-electron chi connectivity index (χ0n) is 16.8. The molecule has 0 saturated carbocycles. The lowest BCUT2D eigenvalue weighted by Crippen LogP contribution is -2.19. The Morgan fingerprint density at radius 2 is 1.96 bits per heavy atom. The summed E-state index contributed by atoms with van der Waals surface area (Å²) in [4.78, 5) is 16.0. The van der Waals surface area contributed by atoms with Gasteiger partial charge in [-0.1, -0.05) is 63.4 Å². The summed E-state index contributed by atoms with van der Waals surface area (Å²) in [6, 6.07) is 9.47. The molecular formula is C21H32N2O4S. The molecular weight excluding hydrogens is 376 g/mol. The number of hydrogen-bond donors (Lipinski definition) is 1. The number of nitrogens with two attached hydrogens (primary N) is 1. The average Bonchev–Trinajstić information content (AvgIpc) is 2.70. The summed E-state index contributed by atoms with van der Waals surface area (Å²) < 4.78 is 30.0. The second-order valence-electron chi connectivity index (χ2n) is 6.69. The molecule has 0 saturated heterocycles. The first-order valence-electron chi connectivity index (χ1n) is 9.76. The maximum atomic E-state index is 12.4. The third kappa shape index (κ3) is 9.17. The van der Waals surface area contributed by atoms with Crippen LogP contribution in [0.4, 0.5) is 0 Å². The van der Waals surface area contributed by atoms with Gasteiger partial charge in [-0.3, -0.25) is 9.79 Å². The van der Waals surface area contributed by atoms with E-state index in [9.17, 15) is 13.2 Å². The molecule has 0 aliphatic rings. The van der Waals surface area contributed by atoms with Gasteiger partial charge in [0.1, 0.15) is 4.91 Å². The van der Waals surface area contributed by atoms with Gasteiger partial charge in [0, 0.05) is 12.4 Å². The Balaban J connectivity index is 2.50. The molecule has 1 aromatic carbocycles. The molecule has 156 valence electrons. The van der Waals surface area contributed by atoms with Crippen LogP contribution >= 0.6 is 0 Å². The maximum absolute atomic E-state index is 12.4. The van der Waals surface area contributed by atoms with Crippen molar-refractivity contribution in [1.29, 1.82) is 0 Å². The molecule has 2 N–H and O–H groups in total. The van der Waals surface area contributed by atoms with Crippen LogP contribution in [0.25, 0.3) is 0 Å². The van der Waals surface area contributed by atoms with Gasteiger partial charge in [0.2, 0.25) is 0 Å². The van der Waals surface area contributed by atoms with E-state index in [0.717, 1.165) is 37.4 Å². The highest BCUT2D eigenvalue weighted by Crippen LogP contribution is 2.14. The van der Waals surface area contributed by atoms with Gasteiger partial charge < -0.3 is 10.5 Å². The van der Waals surface area contributed by atoms with E-state index in [-0.39, 0.29) is 17.1 Å². The number of allylic oxidation sites excluding steroid dienone is 1. The highest BCUT2D eigenvalue weighted by molar-refractivity contribution is 7.96. The molecule has 7 heteroatoms. The number of carbonyl (C=O) groups is 1. The molecule has 0 radical (unpaired) electrons. The van der Waals surface area contributed by atoms with E-state index < -0.39 is 15.8 Å². The zero-order valence-corrected chi connectivity index (χ0v) is 17.7. The first-order valence-corrected chi connectivity index (χ1v) is 11.4. The molecule has 0 aromatic heterocycles. The Morgan fingerprint density at radius 1 is 1.25 bits per heavy atom. The van der Waals surface area contributed by atoms with E-state index in [0.29, 0.717) is 19.1 Å². The summed E-state index contributed by atoms with van der Waals surface area (Å²) in [5.74, 6) is -0.529. The number of unbranched alkanes of at least 4 members (excludes halogenated alkanes) is 1. The number of nitrogens with zero attached hydrogens (tertiary/aromatic N) is 1. The van der Waals surface area contributed by atoms with Gasteiger partial charge in [-0.15, -0.1) is 0 Å². The second kappa shape index (κ2) is 13.1. The van der Waals surface area contributed by atoms with Crippen LogP contribution in [0.5, 0.6) is 0 Å². The average molecular weight is 409 g/mol. The molecule has 0 heterocycles. The molecule has 28 heavy (non-hydrogen) atoms. The molecule has 0 spiro atoms. The van der Waals surface area contributed by atoms with Crippen LogP contribution in [-0.4, -0.2) is 33.0 Å². The predicted molar refractivity (Wildman–Crippen MR) is 114 cm³/mol. The van der Waals surface area contributed by atoms with Crippen molar-refractivity contribution in [3.8, 4) is 0 Å². The summed E-state index contributed by atoms with van der Waals surface area (Å²) in [7, 11) is -3.69. The molecule has 1 unspecified atom stereocenters. The Hall–Kier alpha value is -2.15. The van der Waals surface area contributed by atoms with Crippen molar-refractivity contribution in [3.63, 3.8) is 0 Å². The standard InChI is InChI=1S/C21H32N2O4S/c1-3-5-9-18(4-2)17-27-21(24)12-13-28(25,26)20(14-22)16-23-15-19-10-7-6-8-11-19/h6-8,10-11,14,16,18H,3-5,9,12-13,15,17,22H2,1-2H3/b20-14+,23-16?. The van der Waals surface area contributed by atoms with E-state index in [2.05, 4.69) is 18.8 Å². The Bertz CT molecular complexity index is 743. The Morgan fingerprint density at radius 3 is 2.57 bits per heavy atom. The van der Waals surface area contributed by atoms with Crippen molar-refractivity contribution < 1.29 is 17.9 Å². The van der Waals surface area contributed by atoms with E-state index in [1.807, 2.05) is 30.3 Å². The molecule has 1 rings (SSSR count). The molecule has 0 aliphatic carbocycles. The van der Waals surface area contributed by atoms with Gasteiger partial charge in [-0.2, -0.15) is 0 Å². The lowest BCUT2D eigenvalue weighted by atomic mass is 10.0. The van der Waals surface area contributed by atoms with Crippen LogP contribution in [0, 0.1) is 5.92 Å². The minimum atomic E-state index is -3.69. The largest absolute Gasteiger partial charge is 0.465 e. The van der Waals surface area contributed by atoms with E-state index in [4.69, 9.17) is 10.5 Å². The molecule has 1 atom stereocenters. The summed E-state index contributed by atoms with van der Waals surface area (Å²) in [5.41, 5.74) is 6.42. The number of rotatable bonds is 13. The van der Waals surface area contributed by atoms with E-state index in [1.165, 1.54) is 6.21 Å². The van der Waals surface area contributed by atoms with Crippen LogP contribution in [0.1, 0.15) is 51.5 Å². The normalized spacial score (nSPS) is 13.6. The van der Waals surface area contributed by atoms with Crippen molar-refractivity contribution in [1.82, 2.24) is 0 Å². The van der Waals surface area contributed by atoms with Gasteiger partial charge in [-0.05, 0) is 17.9 Å². The molecule has 0 aliphatic heterocycles. The van der Waals surface area contributed by atoms with Crippen molar-refractivity contribution in [2.75, 3.05) is 12.4 Å². The van der Waals surface area contributed by atoms with Crippen LogP contribution in [-0.2, 0) is 25.9 Å². The topological polar surface area (TPSA) is 98.8 Å². The summed E-state index contributed by atoms with van der Waals surface area (Å²) in [6.45, 7) is 4.88. The lowest BCUT2D eigenvalue weighted by molar-refractivity contribution is -0.144. The maximum Gasteiger partial charge on any atom is 0.306 e. The van der Waals surface area contributed by atoms with Gasteiger partial charge in [0.15, 0.2) is 9.84 Å². The van der Waals surface area contributed by atoms with Crippen LogP contribution < -0.4 is 5.73 Å². The minimum absolute atomic E-state index is 0.0920. The van der Waals surface area contributed by atoms with Crippen molar-refractivity contribution in [2.45, 2.75) is 52.5 Å². The Kier molecular flexibility index (Phi) is 11.2. The fourth-order valence-electron chi connectivity index (χ4n) is 2.57. The summed E-state index contributed by atoms with van der Waals surface area (Å²) >= 11 is 0. The van der Waals surface area contributed by atoms with Gasteiger partial charge in [0.05, 0.1) is 25.3 Å². The van der Waals surface area contributed by atoms with Crippen molar-refractivity contribution in [3.05, 3.63) is 47.0 Å². The number of esters is 1. The van der Waals surface area contributed by atoms with Crippen molar-refractivity contribution in [2.24, 2.45) is 16.6 Å². The highest BCUT2D eigenvalue weighted by Gasteiger charge is 2.19. The third-order valence-electron chi connectivity index (χ3n) is 4.46. The molecule has 0 amide bonds. The van der Waals surface area contributed by atoms with E-state index in [1.54, 1.807) is 0 Å². The molecule has 0 fully saturated rings. The van der Waals surface area contributed by atoms with E-state index >= 15 is 0 Å². The first-order chi connectivity index (χ1) is 13.4. The van der Waals surface area contributed by atoms with Crippen LogP contribution in [0.15, 0.2) is 46.4 Å². The summed E-state index contributed by atoms with van der Waals surface area (Å²) in [6.07, 6.45) is 6.19. The number of aliphatic imine (C=N–C) groups is 1. The second-order valence-corrected chi connectivity index (χ2v) is 8.80. The number of carbonyl (C=O) groups excluding carboxylic acids is 1. The number of sulfone groups is 1. The monoisotopic (exact) mass is 408 g/mol. The van der Waals surface area contributed by atoms with Crippen molar-refractivity contribution >= 4 is 22.0 Å². The SMILES string of the molecule is CCCCC(CC)COC(=O)CCS(=O)(=O)/C(C=NCc1ccccc1)=C/N. The predicted octanol–water partition coefficient (Wildman–Crippen LogP) is 3.62. The third-order valence-corrected chi connectivity index (χ3v) is 6.16. The number of benzene rings is 1. The fourth-order valence-corrected chi connectivity index (χ4v) is 3.68. The molecule has 6 nitrogen and oxygen atoms in total. The van der Waals surface area contributed by atoms with Crippen LogP contribution in [0.3, 0.4) is 0 Å². The zero-order chi connectivity index (χ0) is 20.8. The van der Waals surface area contributed by atoms with Gasteiger partial charge in [0.25, 0.3) is 0 Å². The Labute approximate surface area is 168 Å². The molecule has 1 aromatic rings. The minimum Gasteiger partial charge on any atom is -0.465 e. The number of ether oxygens (including phenoxy) is 1. The fraction of sp³-hybridized carbons (Fsp3) is 0.524. The lowest BCUT2D eigenvalue weighted by Gasteiger charge is -2.14. The van der Waals surface area contributed by atoms with Crippen LogP contribution in [0.2, 0.25) is 0 Å². The highest BCUT2D eigenvalue weighted by atomic mass is 32.2. The quantitative estimate of drug-likeness (QED) is 0.397. The van der Waals surface area contributed by atoms with Gasteiger partial charge in [-0.25, -0.2) is 8.42 Å². The summed E-state index contributed by atoms with van der Waals surface area (Å²) in [5, 5.41) is 0. The smallest absolute Gasteiger partial charge is 0.306 e. The first kappa shape index (κ1) is 23.9.